The molecule has 0 heterocycles. The highest BCUT2D eigenvalue weighted by Crippen LogP contribution is 2.16. The summed E-state index contributed by atoms with van der Waals surface area (Å²) in [6.07, 6.45) is 0. The zero-order chi connectivity index (χ0) is 13.5. The van der Waals surface area contributed by atoms with Gasteiger partial charge in [0.05, 0.1) is 11.4 Å². The molecule has 1 aromatic carbocycles. The van der Waals surface area contributed by atoms with Crippen molar-refractivity contribution < 1.29 is 10.0 Å². The standard InChI is InChI=1S/C13H19N3O2/c1-4-16(5-2)13(17)14-12-9-7-6-8-11(12)10(3)15-18/h6-9,18H,4-5H2,1-3H3,(H,14,17). The number of nitrogens with zero attached hydrogens (tertiary/aromatic N) is 2. The van der Waals surface area contributed by atoms with Gasteiger partial charge in [-0.15, -0.1) is 0 Å². The van der Waals surface area contributed by atoms with Gasteiger partial charge in [-0.25, -0.2) is 4.79 Å². The fourth-order valence-corrected chi connectivity index (χ4v) is 1.67. The SMILES string of the molecule is CCN(CC)C(=O)Nc1ccccc1C(C)=NO. The number of oxime groups is 1. The predicted octanol–water partition coefficient (Wildman–Crippen LogP) is 2.76. The number of rotatable bonds is 4. The maximum Gasteiger partial charge on any atom is 0.321 e. The molecule has 0 saturated carbocycles. The van der Waals surface area contributed by atoms with Crippen LogP contribution < -0.4 is 5.32 Å². The van der Waals surface area contributed by atoms with Gasteiger partial charge in [0, 0.05) is 18.7 Å². The Balaban J connectivity index is 2.94. The number of carbonyl (C=O) groups is 1. The zero-order valence-corrected chi connectivity index (χ0v) is 11.0. The average Bonchev–Trinajstić information content (AvgIpc) is 2.40. The first-order valence-electron chi connectivity index (χ1n) is 5.98. The third-order valence-corrected chi connectivity index (χ3v) is 2.76. The minimum Gasteiger partial charge on any atom is -0.411 e. The molecule has 18 heavy (non-hydrogen) atoms. The number of hydrogen-bond donors (Lipinski definition) is 2. The molecule has 0 aliphatic rings. The van der Waals surface area contributed by atoms with Crippen LogP contribution in [0.5, 0.6) is 0 Å². The normalized spacial score (nSPS) is 11.2. The summed E-state index contributed by atoms with van der Waals surface area (Å²) >= 11 is 0. The van der Waals surface area contributed by atoms with Crippen molar-refractivity contribution in [2.45, 2.75) is 20.8 Å². The Morgan fingerprint density at radius 1 is 1.33 bits per heavy atom. The molecule has 0 aliphatic heterocycles. The van der Waals surface area contributed by atoms with Gasteiger partial charge in [0.1, 0.15) is 0 Å². The van der Waals surface area contributed by atoms with E-state index in [0.29, 0.717) is 30.1 Å². The smallest absolute Gasteiger partial charge is 0.321 e. The number of hydrogen-bond acceptors (Lipinski definition) is 3. The first-order valence-corrected chi connectivity index (χ1v) is 5.98. The maximum absolute atomic E-state index is 12.0. The molecule has 0 aromatic heterocycles. The van der Waals surface area contributed by atoms with E-state index in [9.17, 15) is 4.79 Å². The molecule has 0 atom stereocenters. The highest BCUT2D eigenvalue weighted by molar-refractivity contribution is 6.05. The second-order valence-electron chi connectivity index (χ2n) is 3.83. The van der Waals surface area contributed by atoms with Gasteiger partial charge < -0.3 is 15.4 Å². The Morgan fingerprint density at radius 3 is 2.50 bits per heavy atom. The van der Waals surface area contributed by atoms with Crippen LogP contribution in [0.25, 0.3) is 0 Å². The number of nitrogens with one attached hydrogen (secondary N) is 1. The van der Waals surface area contributed by atoms with Gasteiger partial charge in [-0.2, -0.15) is 0 Å². The van der Waals surface area contributed by atoms with Crippen LogP contribution in [0.1, 0.15) is 26.3 Å². The summed E-state index contributed by atoms with van der Waals surface area (Å²) in [6.45, 7) is 6.84. The van der Waals surface area contributed by atoms with E-state index >= 15 is 0 Å². The topological polar surface area (TPSA) is 64.9 Å². The van der Waals surface area contributed by atoms with E-state index in [-0.39, 0.29) is 6.03 Å². The molecule has 0 spiro atoms. The van der Waals surface area contributed by atoms with Crippen LogP contribution in [0, 0.1) is 0 Å². The fourth-order valence-electron chi connectivity index (χ4n) is 1.67. The minimum absolute atomic E-state index is 0.154. The van der Waals surface area contributed by atoms with Crippen LogP contribution in [0.2, 0.25) is 0 Å². The largest absolute Gasteiger partial charge is 0.411 e. The average molecular weight is 249 g/mol. The van der Waals surface area contributed by atoms with Gasteiger partial charge >= 0.3 is 6.03 Å². The molecule has 0 aliphatic carbocycles. The summed E-state index contributed by atoms with van der Waals surface area (Å²) in [5, 5.41) is 14.8. The van der Waals surface area contributed by atoms with Gasteiger partial charge in [0.15, 0.2) is 0 Å². The lowest BCUT2D eigenvalue weighted by Gasteiger charge is -2.20. The van der Waals surface area contributed by atoms with Crippen molar-refractivity contribution in [1.29, 1.82) is 0 Å². The van der Waals surface area contributed by atoms with Crippen molar-refractivity contribution >= 4 is 17.4 Å². The van der Waals surface area contributed by atoms with Crippen molar-refractivity contribution in [3.8, 4) is 0 Å². The van der Waals surface area contributed by atoms with Crippen LogP contribution in [0.4, 0.5) is 10.5 Å². The lowest BCUT2D eigenvalue weighted by atomic mass is 10.1. The number of anilines is 1. The zero-order valence-electron chi connectivity index (χ0n) is 11.0. The third-order valence-electron chi connectivity index (χ3n) is 2.76. The Bertz CT molecular complexity index is 440. The third kappa shape index (κ3) is 3.23. The molecule has 0 fully saturated rings. The van der Waals surface area contributed by atoms with E-state index in [4.69, 9.17) is 5.21 Å². The maximum atomic E-state index is 12.0. The van der Waals surface area contributed by atoms with Crippen LogP contribution in [0.3, 0.4) is 0 Å². The number of para-hydroxylation sites is 1. The number of amides is 2. The number of urea groups is 1. The van der Waals surface area contributed by atoms with Gasteiger partial charge in [-0.05, 0) is 26.8 Å². The summed E-state index contributed by atoms with van der Waals surface area (Å²) in [7, 11) is 0. The van der Waals surface area contributed by atoms with E-state index in [1.54, 1.807) is 24.0 Å². The quantitative estimate of drug-likeness (QED) is 0.489. The second kappa shape index (κ2) is 6.64. The van der Waals surface area contributed by atoms with E-state index < -0.39 is 0 Å². The Morgan fingerprint density at radius 2 is 1.94 bits per heavy atom. The molecule has 0 unspecified atom stereocenters. The monoisotopic (exact) mass is 249 g/mol. The highest BCUT2D eigenvalue weighted by atomic mass is 16.4. The molecule has 2 N–H and O–H groups in total. The summed E-state index contributed by atoms with van der Waals surface area (Å²) in [5.74, 6) is 0. The number of benzene rings is 1. The van der Waals surface area contributed by atoms with Crippen LogP contribution in [-0.4, -0.2) is 34.9 Å². The molecular weight excluding hydrogens is 230 g/mol. The molecule has 1 rings (SSSR count). The van der Waals surface area contributed by atoms with Gasteiger partial charge in [-0.3, -0.25) is 0 Å². The van der Waals surface area contributed by atoms with Gasteiger partial charge in [0.25, 0.3) is 0 Å². The Kier molecular flexibility index (Phi) is 5.17. The van der Waals surface area contributed by atoms with E-state index in [0.717, 1.165) is 0 Å². The summed E-state index contributed by atoms with van der Waals surface area (Å²) < 4.78 is 0. The number of carbonyl (C=O) groups excluding carboxylic acids is 1. The second-order valence-corrected chi connectivity index (χ2v) is 3.83. The molecule has 0 radical (unpaired) electrons. The van der Waals surface area contributed by atoms with Crippen molar-refractivity contribution in [2.24, 2.45) is 5.16 Å². The lowest BCUT2D eigenvalue weighted by molar-refractivity contribution is 0.217. The molecule has 2 amide bonds. The summed E-state index contributed by atoms with van der Waals surface area (Å²) in [6, 6.07) is 7.08. The molecule has 98 valence electrons. The van der Waals surface area contributed by atoms with Crippen molar-refractivity contribution in [1.82, 2.24) is 4.90 Å². The van der Waals surface area contributed by atoms with Gasteiger partial charge in [-0.1, -0.05) is 23.4 Å². The Labute approximate surface area is 107 Å². The van der Waals surface area contributed by atoms with Crippen molar-refractivity contribution in [3.63, 3.8) is 0 Å². The van der Waals surface area contributed by atoms with E-state index in [1.165, 1.54) is 0 Å². The lowest BCUT2D eigenvalue weighted by Crippen LogP contribution is -2.34. The van der Waals surface area contributed by atoms with Gasteiger partial charge in [0.2, 0.25) is 0 Å². The van der Waals surface area contributed by atoms with Crippen molar-refractivity contribution in [3.05, 3.63) is 29.8 Å². The van der Waals surface area contributed by atoms with E-state index in [2.05, 4.69) is 10.5 Å². The molecular formula is C13H19N3O2. The highest BCUT2D eigenvalue weighted by Gasteiger charge is 2.12. The first kappa shape index (κ1) is 14.0. The van der Waals surface area contributed by atoms with Crippen LogP contribution >= 0.6 is 0 Å². The minimum atomic E-state index is -0.154. The summed E-state index contributed by atoms with van der Waals surface area (Å²) in [4.78, 5) is 13.6. The van der Waals surface area contributed by atoms with Crippen LogP contribution in [-0.2, 0) is 0 Å². The predicted molar refractivity (Wildman–Crippen MR) is 72.4 cm³/mol. The molecule has 0 bridgehead atoms. The van der Waals surface area contributed by atoms with Crippen molar-refractivity contribution in [2.75, 3.05) is 18.4 Å². The fraction of sp³-hybridized carbons (Fsp3) is 0.385. The first-order chi connectivity index (χ1) is 8.63. The molecule has 1 aromatic rings. The van der Waals surface area contributed by atoms with Crippen LogP contribution in [0.15, 0.2) is 29.4 Å². The van der Waals surface area contributed by atoms with E-state index in [1.807, 2.05) is 26.0 Å². The Hall–Kier alpha value is -2.04. The summed E-state index contributed by atoms with van der Waals surface area (Å²) in [5.41, 5.74) is 1.82. The molecule has 5 heteroatoms. The molecule has 5 nitrogen and oxygen atoms in total. The molecule has 0 saturated heterocycles.